The standard InChI is InChI=1S/C17H18FNO3S/c1-13(17(20)19(2)16-6-4-3-5-7-16)23(21,22)12-14-8-10-15(18)11-9-14/h3-11,13H,12H2,1-2H3/t13-/m1/s1. The van der Waals surface area contributed by atoms with Crippen molar-refractivity contribution < 1.29 is 17.6 Å². The summed E-state index contributed by atoms with van der Waals surface area (Å²) in [7, 11) is -2.15. The van der Waals surface area contributed by atoms with E-state index in [0.717, 1.165) is 0 Å². The lowest BCUT2D eigenvalue weighted by atomic mass is 10.2. The SMILES string of the molecule is C[C@H](C(=O)N(C)c1ccccc1)S(=O)(=O)Cc1ccc(F)cc1. The highest BCUT2D eigenvalue weighted by molar-refractivity contribution is 7.92. The molecule has 0 aliphatic rings. The number of halogens is 1. The van der Waals surface area contributed by atoms with Crippen LogP contribution in [0.1, 0.15) is 12.5 Å². The summed E-state index contributed by atoms with van der Waals surface area (Å²) in [6.45, 7) is 1.38. The van der Waals surface area contributed by atoms with Crippen LogP contribution in [0, 0.1) is 5.82 Å². The highest BCUT2D eigenvalue weighted by Gasteiger charge is 2.30. The van der Waals surface area contributed by atoms with Crippen molar-refractivity contribution in [3.63, 3.8) is 0 Å². The maximum absolute atomic E-state index is 12.9. The van der Waals surface area contributed by atoms with E-state index in [4.69, 9.17) is 0 Å². The van der Waals surface area contributed by atoms with Crippen molar-refractivity contribution in [1.82, 2.24) is 0 Å². The van der Waals surface area contributed by atoms with Gasteiger partial charge in [0.1, 0.15) is 11.1 Å². The summed E-state index contributed by atoms with van der Waals surface area (Å²) in [5.41, 5.74) is 1.08. The molecule has 0 aliphatic carbocycles. The Balaban J connectivity index is 2.15. The first-order valence-electron chi connectivity index (χ1n) is 7.10. The summed E-state index contributed by atoms with van der Waals surface area (Å²) in [6.07, 6.45) is 0. The van der Waals surface area contributed by atoms with Gasteiger partial charge in [-0.3, -0.25) is 4.79 Å². The van der Waals surface area contributed by atoms with Crippen LogP contribution in [-0.4, -0.2) is 26.6 Å². The van der Waals surface area contributed by atoms with Crippen molar-refractivity contribution in [2.45, 2.75) is 17.9 Å². The quantitative estimate of drug-likeness (QED) is 0.844. The van der Waals surface area contributed by atoms with E-state index in [1.54, 1.807) is 31.3 Å². The summed E-state index contributed by atoms with van der Waals surface area (Å²) in [4.78, 5) is 13.7. The molecule has 1 amide bonds. The monoisotopic (exact) mass is 335 g/mol. The van der Waals surface area contributed by atoms with E-state index in [1.165, 1.54) is 36.1 Å². The van der Waals surface area contributed by atoms with Gasteiger partial charge < -0.3 is 4.90 Å². The van der Waals surface area contributed by atoms with Gasteiger partial charge in [-0.15, -0.1) is 0 Å². The Morgan fingerprint density at radius 2 is 1.65 bits per heavy atom. The molecule has 0 unspecified atom stereocenters. The molecule has 0 radical (unpaired) electrons. The molecule has 2 rings (SSSR count). The zero-order valence-electron chi connectivity index (χ0n) is 12.9. The molecule has 6 heteroatoms. The fourth-order valence-corrected chi connectivity index (χ4v) is 3.52. The smallest absolute Gasteiger partial charge is 0.244 e. The van der Waals surface area contributed by atoms with Crippen LogP contribution in [0.5, 0.6) is 0 Å². The zero-order chi connectivity index (χ0) is 17.0. The molecule has 4 nitrogen and oxygen atoms in total. The maximum Gasteiger partial charge on any atom is 0.244 e. The second-order valence-corrected chi connectivity index (χ2v) is 7.63. The highest BCUT2D eigenvalue weighted by atomic mass is 32.2. The average Bonchev–Trinajstić information content (AvgIpc) is 2.55. The van der Waals surface area contributed by atoms with Gasteiger partial charge in [-0.1, -0.05) is 30.3 Å². The van der Waals surface area contributed by atoms with Crippen LogP contribution in [0.3, 0.4) is 0 Å². The van der Waals surface area contributed by atoms with Crippen molar-refractivity contribution >= 4 is 21.4 Å². The lowest BCUT2D eigenvalue weighted by Gasteiger charge is -2.21. The molecule has 0 N–H and O–H groups in total. The maximum atomic E-state index is 12.9. The number of amides is 1. The molecule has 122 valence electrons. The second-order valence-electron chi connectivity index (χ2n) is 5.31. The molecule has 0 fully saturated rings. The fraction of sp³-hybridized carbons (Fsp3) is 0.235. The normalized spacial score (nSPS) is 12.7. The highest BCUT2D eigenvalue weighted by Crippen LogP contribution is 2.17. The van der Waals surface area contributed by atoms with Gasteiger partial charge in [-0.25, -0.2) is 12.8 Å². The Kier molecular flexibility index (Phi) is 5.15. The number of hydrogen-bond acceptors (Lipinski definition) is 3. The van der Waals surface area contributed by atoms with Crippen molar-refractivity contribution in [2.24, 2.45) is 0 Å². The van der Waals surface area contributed by atoms with Crippen LogP contribution in [0.25, 0.3) is 0 Å². The number of rotatable bonds is 5. The van der Waals surface area contributed by atoms with Crippen molar-refractivity contribution in [1.29, 1.82) is 0 Å². The van der Waals surface area contributed by atoms with Crippen LogP contribution in [0.2, 0.25) is 0 Å². The van der Waals surface area contributed by atoms with Gasteiger partial charge in [0.25, 0.3) is 0 Å². The van der Waals surface area contributed by atoms with Crippen molar-refractivity contribution in [3.8, 4) is 0 Å². The molecule has 23 heavy (non-hydrogen) atoms. The van der Waals surface area contributed by atoms with E-state index in [1.807, 2.05) is 6.07 Å². The van der Waals surface area contributed by atoms with E-state index < -0.39 is 26.8 Å². The Labute approximate surface area is 135 Å². The lowest BCUT2D eigenvalue weighted by Crippen LogP contribution is -2.39. The first-order chi connectivity index (χ1) is 10.8. The molecule has 2 aromatic carbocycles. The minimum absolute atomic E-state index is 0.303. The number of nitrogens with zero attached hydrogens (tertiary/aromatic N) is 1. The molecule has 0 bridgehead atoms. The largest absolute Gasteiger partial charge is 0.314 e. The predicted octanol–water partition coefficient (Wildman–Crippen LogP) is 2.79. The number of benzene rings is 2. The summed E-state index contributed by atoms with van der Waals surface area (Å²) in [5.74, 6) is -1.24. The van der Waals surface area contributed by atoms with E-state index in [-0.39, 0.29) is 5.75 Å². The third-order valence-electron chi connectivity index (χ3n) is 3.64. The Bertz CT molecular complexity index is 773. The number of sulfone groups is 1. The predicted molar refractivity (Wildman–Crippen MR) is 88.3 cm³/mol. The topological polar surface area (TPSA) is 54.5 Å². The van der Waals surface area contributed by atoms with Crippen LogP contribution in [0.15, 0.2) is 54.6 Å². The van der Waals surface area contributed by atoms with Crippen molar-refractivity contribution in [2.75, 3.05) is 11.9 Å². The summed E-state index contributed by atoms with van der Waals surface area (Å²) in [6, 6.07) is 14.1. The molecule has 0 heterocycles. The Morgan fingerprint density at radius 1 is 1.09 bits per heavy atom. The summed E-state index contributed by atoms with van der Waals surface area (Å²) >= 11 is 0. The number of carbonyl (C=O) groups is 1. The second kappa shape index (κ2) is 6.91. The summed E-state index contributed by atoms with van der Waals surface area (Å²) in [5, 5.41) is -1.18. The van der Waals surface area contributed by atoms with Gasteiger partial charge in [0.15, 0.2) is 9.84 Å². The zero-order valence-corrected chi connectivity index (χ0v) is 13.8. The first kappa shape index (κ1) is 17.1. The molecular weight excluding hydrogens is 317 g/mol. The third-order valence-corrected chi connectivity index (χ3v) is 5.66. The van der Waals surface area contributed by atoms with Gasteiger partial charge in [-0.05, 0) is 36.8 Å². The molecule has 2 aromatic rings. The Morgan fingerprint density at radius 3 is 2.22 bits per heavy atom. The first-order valence-corrected chi connectivity index (χ1v) is 8.81. The van der Waals surface area contributed by atoms with Crippen LogP contribution < -0.4 is 4.90 Å². The lowest BCUT2D eigenvalue weighted by molar-refractivity contribution is -0.117. The summed E-state index contributed by atoms with van der Waals surface area (Å²) < 4.78 is 37.7. The minimum atomic E-state index is -3.69. The van der Waals surface area contributed by atoms with E-state index in [2.05, 4.69) is 0 Å². The average molecular weight is 335 g/mol. The molecule has 0 saturated heterocycles. The minimum Gasteiger partial charge on any atom is -0.314 e. The molecule has 1 atom stereocenters. The van der Waals surface area contributed by atoms with E-state index >= 15 is 0 Å². The number of carbonyl (C=O) groups excluding carboxylic acids is 1. The van der Waals surface area contributed by atoms with Crippen LogP contribution >= 0.6 is 0 Å². The van der Waals surface area contributed by atoms with Gasteiger partial charge in [0.2, 0.25) is 5.91 Å². The number of hydrogen-bond donors (Lipinski definition) is 0. The molecular formula is C17H18FNO3S. The molecule has 0 aliphatic heterocycles. The number of para-hydroxylation sites is 1. The Hall–Kier alpha value is -2.21. The van der Waals surface area contributed by atoms with Gasteiger partial charge in [0.05, 0.1) is 5.75 Å². The van der Waals surface area contributed by atoms with E-state index in [9.17, 15) is 17.6 Å². The van der Waals surface area contributed by atoms with Gasteiger partial charge in [0, 0.05) is 12.7 Å². The molecule has 0 saturated carbocycles. The molecule has 0 aromatic heterocycles. The molecule has 0 spiro atoms. The number of anilines is 1. The third kappa shape index (κ3) is 4.16. The van der Waals surface area contributed by atoms with Crippen molar-refractivity contribution in [3.05, 3.63) is 66.0 Å². The van der Waals surface area contributed by atoms with Gasteiger partial charge in [-0.2, -0.15) is 0 Å². The van der Waals surface area contributed by atoms with Gasteiger partial charge >= 0.3 is 0 Å². The van der Waals surface area contributed by atoms with Crippen LogP contribution in [-0.2, 0) is 20.4 Å². The van der Waals surface area contributed by atoms with E-state index in [0.29, 0.717) is 11.3 Å². The fourth-order valence-electron chi connectivity index (χ4n) is 2.14. The van der Waals surface area contributed by atoms with Crippen LogP contribution in [0.4, 0.5) is 10.1 Å².